The van der Waals surface area contributed by atoms with E-state index < -0.39 is 0 Å². The fourth-order valence-electron chi connectivity index (χ4n) is 2.27. The number of aromatic nitrogens is 2. The van der Waals surface area contributed by atoms with Crippen LogP contribution >= 0.6 is 11.3 Å². The van der Waals surface area contributed by atoms with Crippen LogP contribution in [0.4, 0.5) is 0 Å². The summed E-state index contributed by atoms with van der Waals surface area (Å²) in [5, 5.41) is 10.2. The molecule has 1 unspecified atom stereocenters. The molecule has 0 aliphatic rings. The largest absolute Gasteiger partial charge is 0.308 e. The normalized spacial score (nSPS) is 12.7. The monoisotopic (exact) mass is 277 g/mol. The van der Waals surface area contributed by atoms with Crippen LogP contribution in [0, 0.1) is 0 Å². The summed E-state index contributed by atoms with van der Waals surface area (Å²) >= 11 is 1.83. The summed E-state index contributed by atoms with van der Waals surface area (Å²) in [7, 11) is 0. The predicted octanol–water partition coefficient (Wildman–Crippen LogP) is 3.64. The molecule has 0 amide bonds. The molecule has 0 aliphatic heterocycles. The van der Waals surface area contributed by atoms with Gasteiger partial charge in [0.2, 0.25) is 0 Å². The number of nitrogens with zero attached hydrogens (tertiary/aromatic N) is 2. The van der Waals surface area contributed by atoms with Gasteiger partial charge in [0, 0.05) is 24.0 Å². The minimum Gasteiger partial charge on any atom is -0.308 e. The number of hydrogen-bond acceptors (Lipinski definition) is 3. The van der Waals surface area contributed by atoms with Gasteiger partial charge in [-0.25, -0.2) is 0 Å². The van der Waals surface area contributed by atoms with Crippen molar-refractivity contribution in [3.8, 4) is 0 Å². The van der Waals surface area contributed by atoms with Crippen molar-refractivity contribution in [2.24, 2.45) is 0 Å². The van der Waals surface area contributed by atoms with Crippen LogP contribution < -0.4 is 5.32 Å². The lowest BCUT2D eigenvalue weighted by Crippen LogP contribution is -2.26. The zero-order valence-corrected chi connectivity index (χ0v) is 12.6. The van der Waals surface area contributed by atoms with Crippen LogP contribution in [0.1, 0.15) is 43.3 Å². The van der Waals surface area contributed by atoms with Gasteiger partial charge >= 0.3 is 0 Å². The van der Waals surface area contributed by atoms with Crippen LogP contribution in [-0.4, -0.2) is 16.3 Å². The lowest BCUT2D eigenvalue weighted by molar-refractivity contribution is 0.470. The quantitative estimate of drug-likeness (QED) is 0.798. The van der Waals surface area contributed by atoms with Crippen molar-refractivity contribution in [1.82, 2.24) is 15.1 Å². The van der Waals surface area contributed by atoms with Gasteiger partial charge < -0.3 is 5.32 Å². The van der Waals surface area contributed by atoms with Crippen molar-refractivity contribution in [1.29, 1.82) is 0 Å². The van der Waals surface area contributed by atoms with Crippen LogP contribution in [0.3, 0.4) is 0 Å². The number of aryl methyl sites for hydroxylation is 1. The highest BCUT2D eigenvalue weighted by molar-refractivity contribution is 7.09. The Morgan fingerprint density at radius 2 is 2.21 bits per heavy atom. The average molecular weight is 277 g/mol. The van der Waals surface area contributed by atoms with Gasteiger partial charge in [-0.3, -0.25) is 4.68 Å². The highest BCUT2D eigenvalue weighted by Crippen LogP contribution is 2.21. The van der Waals surface area contributed by atoms with Crippen LogP contribution in [-0.2, 0) is 13.0 Å². The molecule has 0 saturated carbocycles. The third kappa shape index (κ3) is 3.91. The third-order valence-corrected chi connectivity index (χ3v) is 4.07. The first-order valence-corrected chi connectivity index (χ1v) is 8.00. The van der Waals surface area contributed by atoms with E-state index in [1.54, 1.807) is 0 Å². The molecule has 2 aromatic rings. The Bertz CT molecular complexity index is 461. The van der Waals surface area contributed by atoms with Gasteiger partial charge in [-0.1, -0.05) is 19.9 Å². The molecule has 0 saturated heterocycles. The maximum atomic E-state index is 4.44. The van der Waals surface area contributed by atoms with Gasteiger partial charge in [0.25, 0.3) is 0 Å². The van der Waals surface area contributed by atoms with Gasteiger partial charge in [0.05, 0.1) is 11.7 Å². The minimum atomic E-state index is 0.368. The smallest absolute Gasteiger partial charge is 0.0557 e. The number of nitrogens with one attached hydrogen (secondary N) is 1. The first kappa shape index (κ1) is 14.3. The Morgan fingerprint density at radius 1 is 1.32 bits per heavy atom. The molecule has 3 nitrogen and oxygen atoms in total. The summed E-state index contributed by atoms with van der Waals surface area (Å²) in [5.41, 5.74) is 1.31. The van der Waals surface area contributed by atoms with Crippen molar-refractivity contribution < 1.29 is 0 Å². The summed E-state index contributed by atoms with van der Waals surface area (Å²) in [6.07, 6.45) is 5.24. The average Bonchev–Trinajstić information content (AvgIpc) is 3.06. The Balaban J connectivity index is 2.13. The molecule has 1 atom stereocenters. The van der Waals surface area contributed by atoms with E-state index in [1.807, 2.05) is 17.5 Å². The molecule has 2 heterocycles. The molecule has 4 heteroatoms. The number of rotatable bonds is 8. The Morgan fingerprint density at radius 3 is 2.89 bits per heavy atom. The molecule has 19 heavy (non-hydrogen) atoms. The first-order chi connectivity index (χ1) is 9.35. The standard InChI is InChI=1S/C15H23N3S/c1-3-8-16-14(12-13-6-5-11-19-13)15-7-9-17-18(15)10-4-2/h5-7,9,11,14,16H,3-4,8,10,12H2,1-2H3. The highest BCUT2D eigenvalue weighted by atomic mass is 32.1. The van der Waals surface area contributed by atoms with E-state index in [-0.39, 0.29) is 0 Å². The number of thiophene rings is 1. The Hall–Kier alpha value is -1.13. The van der Waals surface area contributed by atoms with Gasteiger partial charge in [0.1, 0.15) is 0 Å². The molecule has 0 spiro atoms. The molecule has 0 radical (unpaired) electrons. The van der Waals surface area contributed by atoms with Crippen molar-refractivity contribution >= 4 is 11.3 Å². The van der Waals surface area contributed by atoms with Crippen LogP contribution in [0.25, 0.3) is 0 Å². The van der Waals surface area contributed by atoms with Crippen molar-refractivity contribution in [3.63, 3.8) is 0 Å². The van der Waals surface area contributed by atoms with Gasteiger partial charge in [0.15, 0.2) is 0 Å². The minimum absolute atomic E-state index is 0.368. The third-order valence-electron chi connectivity index (χ3n) is 3.17. The molecule has 0 fully saturated rings. The van der Waals surface area contributed by atoms with E-state index in [9.17, 15) is 0 Å². The van der Waals surface area contributed by atoms with Gasteiger partial charge in [-0.2, -0.15) is 5.10 Å². The molecular formula is C15H23N3S. The fourth-order valence-corrected chi connectivity index (χ4v) is 3.02. The molecule has 2 aromatic heterocycles. The van der Waals surface area contributed by atoms with Crippen molar-refractivity contribution in [2.45, 2.75) is 45.7 Å². The summed E-state index contributed by atoms with van der Waals surface area (Å²) in [4.78, 5) is 1.43. The van der Waals surface area contributed by atoms with Gasteiger partial charge in [-0.05, 0) is 36.9 Å². The zero-order valence-electron chi connectivity index (χ0n) is 11.8. The highest BCUT2D eigenvalue weighted by Gasteiger charge is 2.16. The molecule has 2 rings (SSSR count). The fraction of sp³-hybridized carbons (Fsp3) is 0.533. The summed E-state index contributed by atoms with van der Waals surface area (Å²) < 4.78 is 2.14. The molecule has 104 valence electrons. The van der Waals surface area contributed by atoms with Crippen molar-refractivity contribution in [2.75, 3.05) is 6.54 Å². The van der Waals surface area contributed by atoms with Crippen LogP contribution in [0.5, 0.6) is 0 Å². The van der Waals surface area contributed by atoms with Gasteiger partial charge in [-0.15, -0.1) is 11.3 Å². The maximum absolute atomic E-state index is 4.44. The molecule has 0 aromatic carbocycles. The first-order valence-electron chi connectivity index (χ1n) is 7.12. The topological polar surface area (TPSA) is 29.9 Å². The molecular weight excluding hydrogens is 254 g/mol. The second-order valence-corrected chi connectivity index (χ2v) is 5.80. The zero-order chi connectivity index (χ0) is 13.5. The SMILES string of the molecule is CCCNC(Cc1cccs1)c1ccnn1CCC. The van der Waals surface area contributed by atoms with Crippen LogP contribution in [0.2, 0.25) is 0 Å². The lowest BCUT2D eigenvalue weighted by atomic mass is 10.1. The second kappa shape index (κ2) is 7.46. The van der Waals surface area contributed by atoms with Crippen LogP contribution in [0.15, 0.2) is 29.8 Å². The maximum Gasteiger partial charge on any atom is 0.0557 e. The second-order valence-electron chi connectivity index (χ2n) is 4.77. The number of hydrogen-bond donors (Lipinski definition) is 1. The van der Waals surface area contributed by atoms with E-state index in [0.29, 0.717) is 6.04 Å². The Labute approximate surface area is 119 Å². The Kier molecular flexibility index (Phi) is 5.61. The summed E-state index contributed by atoms with van der Waals surface area (Å²) in [5.74, 6) is 0. The summed E-state index contributed by atoms with van der Waals surface area (Å²) in [6.45, 7) is 6.45. The van der Waals surface area contributed by atoms with E-state index >= 15 is 0 Å². The summed E-state index contributed by atoms with van der Waals surface area (Å²) in [6, 6.07) is 6.86. The molecule has 1 N–H and O–H groups in total. The molecule has 0 bridgehead atoms. The molecule has 0 aliphatic carbocycles. The van der Waals surface area contributed by atoms with E-state index in [4.69, 9.17) is 0 Å². The van der Waals surface area contributed by atoms with E-state index in [0.717, 1.165) is 32.4 Å². The lowest BCUT2D eigenvalue weighted by Gasteiger charge is -2.19. The van der Waals surface area contributed by atoms with E-state index in [1.165, 1.54) is 10.6 Å². The van der Waals surface area contributed by atoms with E-state index in [2.05, 4.69) is 52.5 Å². The van der Waals surface area contributed by atoms with Crippen molar-refractivity contribution in [3.05, 3.63) is 40.3 Å². The predicted molar refractivity (Wildman–Crippen MR) is 81.6 cm³/mol.